The standard InChI is InChI=1S/2C27H37Cl2N2.C15H26Cl2N2.C12H11Br.C12H25Br.C3H2Cl2N2.2BrH/c2*1-2-3-4-5-6-7-8-9-10-13-19-30-22-31(27(29)26(30)28)20-18-23-16-17-24-14-11-12-15-25(24)21-23;1-2-3-4-5-6-7-8-9-10-11-12-19-13-18-14(16)15(19)17;13-8-7-10-5-6-11-3-1-2-4-12(11)9-10;1-2-3-4-5-6-7-8-9-10-11-12-13;4-2-3(5)7-1-6-2;;/h2*11-12,14-17,21-22H,2-10,13,18-20H2,1H3;13H,2-12H2,1H3;1-6,9H,7-8H2;2-12H2,1H3;1H,(H,6,7);2*1H/q2*+1;;;;;;/p-2. The molecular formula is C96H138Br4Cl8N8. The van der Waals surface area contributed by atoms with Crippen molar-refractivity contribution < 1.29 is 43.1 Å². The Labute approximate surface area is 779 Å². The van der Waals surface area contributed by atoms with Crippen molar-refractivity contribution in [2.24, 2.45) is 0 Å². The lowest BCUT2D eigenvalue weighted by molar-refractivity contribution is -0.694. The third-order valence-corrected chi connectivity index (χ3v) is 25.2. The number of unbranched alkanes of at least 4 members (excludes halogenated alkanes) is 36. The van der Waals surface area contributed by atoms with Gasteiger partial charge in [-0.1, -0.05) is 452 Å². The van der Waals surface area contributed by atoms with Gasteiger partial charge in [-0.2, -0.15) is 0 Å². The molecule has 0 aliphatic heterocycles. The van der Waals surface area contributed by atoms with Gasteiger partial charge in [0.15, 0.2) is 10.3 Å². The van der Waals surface area contributed by atoms with Gasteiger partial charge in [0.1, 0.15) is 10.3 Å². The normalized spacial score (nSPS) is 10.9. The van der Waals surface area contributed by atoms with Crippen LogP contribution in [0.3, 0.4) is 0 Å². The quantitative estimate of drug-likeness (QED) is 0.0235. The molecule has 0 atom stereocenters. The predicted molar refractivity (Wildman–Crippen MR) is 508 cm³/mol. The summed E-state index contributed by atoms with van der Waals surface area (Å²) in [4.78, 5) is 10.2. The maximum atomic E-state index is 6.52. The van der Waals surface area contributed by atoms with E-state index in [0.29, 0.717) is 41.2 Å². The van der Waals surface area contributed by atoms with Crippen LogP contribution in [-0.2, 0) is 52.0 Å². The highest BCUT2D eigenvalue weighted by molar-refractivity contribution is 9.09. The van der Waals surface area contributed by atoms with Gasteiger partial charge in [-0.25, -0.2) is 28.2 Å². The zero-order valence-electron chi connectivity index (χ0n) is 70.5. The summed E-state index contributed by atoms with van der Waals surface area (Å²) in [7, 11) is 0. The Morgan fingerprint density at radius 1 is 0.310 bits per heavy atom. The number of H-pyrrole nitrogens is 1. The fourth-order valence-electron chi connectivity index (χ4n) is 14.1. The SMILES string of the molecule is BrCCc1ccc2ccccc2c1.CCCCCCCCCCCCBr.CCCCCCCCCCCC[n+]1cn(CCc2ccc3ccccc3c2)c(Cl)c1Cl.CCCCCCCCCCCC[n+]1cn(CCc2ccc3ccccc3c2)c(Cl)c1Cl.CCCCCCCCCCCCn1cnc(Cl)c1Cl.Clc1nc[nH]c1Cl.[Br-].[Br-]. The molecule has 0 bridgehead atoms. The third kappa shape index (κ3) is 46.1. The number of imidazole rings is 4. The third-order valence-electron chi connectivity index (χ3n) is 21.0. The second kappa shape index (κ2) is 69.6. The first-order chi connectivity index (χ1) is 55.7. The zero-order valence-corrected chi connectivity index (χ0v) is 82.8. The van der Waals surface area contributed by atoms with Gasteiger partial charge in [-0.15, -0.1) is 0 Å². The second-order valence-corrected chi connectivity index (χ2v) is 35.1. The van der Waals surface area contributed by atoms with E-state index in [1.807, 2.05) is 4.57 Å². The summed E-state index contributed by atoms with van der Waals surface area (Å²) < 4.78 is 10.3. The maximum Gasteiger partial charge on any atom is 0.255 e. The fraction of sp³-hybridized carbons (Fsp3) is 0.562. The van der Waals surface area contributed by atoms with E-state index >= 15 is 0 Å². The largest absolute Gasteiger partial charge is 1.00 e. The molecule has 646 valence electrons. The molecule has 0 radical (unpaired) electrons. The Hall–Kier alpha value is -2.82. The molecule has 20 heteroatoms. The van der Waals surface area contributed by atoms with Gasteiger partial charge in [0, 0.05) is 30.0 Å². The minimum Gasteiger partial charge on any atom is -1.00 e. The Bertz CT molecular complexity index is 3890. The predicted octanol–water partition coefficient (Wildman–Crippen LogP) is 27.7. The lowest BCUT2D eigenvalue weighted by atomic mass is 10.1. The van der Waals surface area contributed by atoms with Crippen molar-refractivity contribution in [3.63, 3.8) is 0 Å². The summed E-state index contributed by atoms with van der Waals surface area (Å²) in [5.74, 6) is 0. The highest BCUT2D eigenvalue weighted by atomic mass is 79.9. The fourth-order valence-corrected chi connectivity index (χ4v) is 16.4. The number of nitrogens with zero attached hydrogens (tertiary/aromatic N) is 7. The lowest BCUT2D eigenvalue weighted by Gasteiger charge is -2.04. The number of hydrogen-bond donors (Lipinski definition) is 1. The van der Waals surface area contributed by atoms with Crippen molar-refractivity contribution in [3.05, 3.63) is 211 Å². The van der Waals surface area contributed by atoms with Crippen molar-refractivity contribution in [2.75, 3.05) is 10.7 Å². The molecule has 10 rings (SSSR count). The molecule has 10 aromatic rings. The molecule has 0 unspecified atom stereocenters. The Morgan fingerprint density at radius 2 is 0.621 bits per heavy atom. The van der Waals surface area contributed by atoms with Crippen molar-refractivity contribution >= 4 is 157 Å². The molecule has 4 aromatic heterocycles. The zero-order chi connectivity index (χ0) is 81.9. The van der Waals surface area contributed by atoms with Gasteiger partial charge >= 0.3 is 0 Å². The molecule has 4 heterocycles. The monoisotopic (exact) mass is 2000 g/mol. The molecule has 0 saturated carbocycles. The minimum atomic E-state index is 0. The van der Waals surface area contributed by atoms with Crippen LogP contribution in [0.1, 0.15) is 301 Å². The van der Waals surface area contributed by atoms with Crippen LogP contribution in [0.25, 0.3) is 32.3 Å². The van der Waals surface area contributed by atoms with E-state index in [4.69, 9.17) is 92.8 Å². The molecule has 0 fully saturated rings. The summed E-state index contributed by atoms with van der Waals surface area (Å²) in [6.45, 7) is 13.6. The summed E-state index contributed by atoms with van der Waals surface area (Å²) in [5.41, 5.74) is 4.04. The van der Waals surface area contributed by atoms with E-state index in [0.717, 1.165) is 76.6 Å². The van der Waals surface area contributed by atoms with Gasteiger partial charge in [0.05, 0.1) is 38.8 Å². The van der Waals surface area contributed by atoms with Crippen LogP contribution in [0.2, 0.25) is 41.2 Å². The van der Waals surface area contributed by atoms with Crippen LogP contribution in [0.15, 0.2) is 153 Å². The van der Waals surface area contributed by atoms with Crippen molar-refractivity contribution in [2.45, 2.75) is 337 Å². The first-order valence-electron chi connectivity index (χ1n) is 43.9. The first-order valence-corrected chi connectivity index (χ1v) is 49.1. The topological polar surface area (TPSA) is 64.1 Å². The molecule has 0 saturated heterocycles. The molecular weight excluding hydrogens is 1870 g/mol. The maximum absolute atomic E-state index is 6.52. The summed E-state index contributed by atoms with van der Waals surface area (Å²) in [6, 6.07) is 45.4. The number of nitrogens with one attached hydrogen (secondary N) is 1. The number of rotatable bonds is 51. The van der Waals surface area contributed by atoms with E-state index in [2.05, 4.69) is 233 Å². The number of benzene rings is 6. The number of alkyl halides is 2. The van der Waals surface area contributed by atoms with Crippen LogP contribution in [-0.4, -0.2) is 39.3 Å². The molecule has 0 aliphatic rings. The van der Waals surface area contributed by atoms with E-state index in [1.165, 1.54) is 298 Å². The first kappa shape index (κ1) is 107. The van der Waals surface area contributed by atoms with Gasteiger partial charge in [0.25, 0.3) is 20.6 Å². The smallest absolute Gasteiger partial charge is 0.255 e. The molecule has 1 N–H and O–H groups in total. The van der Waals surface area contributed by atoms with Gasteiger partial charge in [0.2, 0.25) is 12.7 Å². The molecule has 8 nitrogen and oxygen atoms in total. The van der Waals surface area contributed by atoms with Crippen LogP contribution < -0.4 is 43.1 Å². The number of halogens is 12. The second-order valence-electron chi connectivity index (χ2n) is 30.6. The highest BCUT2D eigenvalue weighted by Gasteiger charge is 2.22. The Balaban J connectivity index is 0.000000380. The molecule has 0 spiro atoms. The van der Waals surface area contributed by atoms with Crippen molar-refractivity contribution in [1.82, 2.24) is 28.7 Å². The average Bonchev–Trinajstić information content (AvgIpc) is 1.59. The lowest BCUT2D eigenvalue weighted by Crippen LogP contribution is -3.00. The van der Waals surface area contributed by atoms with Crippen LogP contribution in [0, 0.1) is 0 Å². The van der Waals surface area contributed by atoms with Crippen molar-refractivity contribution in [1.29, 1.82) is 0 Å². The van der Waals surface area contributed by atoms with Crippen LogP contribution in [0.4, 0.5) is 0 Å². The average molecular weight is 2010 g/mol. The number of hydrogen-bond acceptors (Lipinski definition) is 2. The van der Waals surface area contributed by atoms with E-state index in [-0.39, 0.29) is 34.0 Å². The summed E-state index contributed by atoms with van der Waals surface area (Å²) >= 11 is 55.5. The van der Waals surface area contributed by atoms with Gasteiger partial charge in [-0.3, -0.25) is 0 Å². The summed E-state index contributed by atoms with van der Waals surface area (Å²) in [6.07, 6.45) is 64.9. The molecule has 6 aromatic carbocycles. The molecule has 0 amide bonds. The minimum absolute atomic E-state index is 0. The van der Waals surface area contributed by atoms with E-state index in [1.54, 1.807) is 6.33 Å². The van der Waals surface area contributed by atoms with E-state index < -0.39 is 0 Å². The van der Waals surface area contributed by atoms with Crippen LogP contribution in [0.5, 0.6) is 0 Å². The van der Waals surface area contributed by atoms with Gasteiger partial charge in [-0.05, 0) is 140 Å². The highest BCUT2D eigenvalue weighted by Crippen LogP contribution is 2.26. The Morgan fingerprint density at radius 3 is 0.905 bits per heavy atom. The molecule has 0 aliphatic carbocycles. The number of aryl methyl sites for hydroxylation is 8. The Kier molecular flexibility index (Phi) is 64.4. The van der Waals surface area contributed by atoms with Crippen LogP contribution >= 0.6 is 125 Å². The number of aromatic amines is 1. The summed E-state index contributed by atoms with van der Waals surface area (Å²) in [5, 5.41) is 14.3. The molecule has 116 heavy (non-hydrogen) atoms. The number of fused-ring (bicyclic) bond motifs is 3. The van der Waals surface area contributed by atoms with Crippen molar-refractivity contribution in [3.8, 4) is 0 Å². The van der Waals surface area contributed by atoms with E-state index in [9.17, 15) is 0 Å². The van der Waals surface area contributed by atoms with Gasteiger partial charge < -0.3 is 43.5 Å². The number of aromatic nitrogens is 8.